The smallest absolute Gasteiger partial charge is 0.338 e. The van der Waals surface area contributed by atoms with E-state index in [1.807, 2.05) is 6.92 Å². The van der Waals surface area contributed by atoms with Gasteiger partial charge in [-0.3, -0.25) is 14.2 Å². The van der Waals surface area contributed by atoms with Crippen LogP contribution in [0.25, 0.3) is 6.08 Å². The van der Waals surface area contributed by atoms with Gasteiger partial charge in [0.1, 0.15) is 0 Å². The number of nitrogens with zero attached hydrogens (tertiary/aromatic N) is 3. The fourth-order valence-electron chi connectivity index (χ4n) is 5.02. The molecule has 44 heavy (non-hydrogen) atoms. The van der Waals surface area contributed by atoms with Gasteiger partial charge in [0.2, 0.25) is 0 Å². The zero-order chi connectivity index (χ0) is 31.4. The lowest BCUT2D eigenvalue weighted by molar-refractivity contribution is -0.143. The topological polar surface area (TPSA) is 109 Å². The zero-order valence-electron chi connectivity index (χ0n) is 25.0. The molecule has 12 heteroatoms. The number of rotatable bonds is 9. The number of aromatic nitrogens is 1. The van der Waals surface area contributed by atoms with Crippen LogP contribution in [-0.2, 0) is 19.1 Å². The molecular weight excluding hydrogens is 606 g/mol. The van der Waals surface area contributed by atoms with Crippen molar-refractivity contribution >= 4 is 40.9 Å². The number of esters is 1. The molecular formula is C32H34ClN3O7S. The molecule has 1 amide bonds. The molecule has 2 aromatic carbocycles. The number of hydrogen-bond acceptors (Lipinski definition) is 9. The second-order valence-corrected chi connectivity index (χ2v) is 12.0. The van der Waals surface area contributed by atoms with Crippen molar-refractivity contribution < 1.29 is 28.5 Å². The number of halogens is 1. The van der Waals surface area contributed by atoms with Gasteiger partial charge in [-0.15, -0.1) is 0 Å². The molecule has 1 atom stereocenters. The van der Waals surface area contributed by atoms with Crippen LogP contribution in [0.2, 0.25) is 5.02 Å². The number of carbonyl (C=O) groups excluding carboxylic acids is 2. The van der Waals surface area contributed by atoms with Gasteiger partial charge in [-0.2, -0.15) is 0 Å². The highest BCUT2D eigenvalue weighted by Crippen LogP contribution is 2.32. The molecule has 0 aliphatic carbocycles. The van der Waals surface area contributed by atoms with Gasteiger partial charge in [-0.25, -0.2) is 9.79 Å². The number of hydrogen-bond donors (Lipinski definition) is 0. The summed E-state index contributed by atoms with van der Waals surface area (Å²) in [7, 11) is 0. The first-order valence-corrected chi connectivity index (χ1v) is 15.6. The Bertz CT molecular complexity index is 1760. The minimum absolute atomic E-state index is 0.121. The maximum Gasteiger partial charge on any atom is 0.338 e. The predicted molar refractivity (Wildman–Crippen MR) is 167 cm³/mol. The fourth-order valence-corrected chi connectivity index (χ4v) is 6.19. The van der Waals surface area contributed by atoms with Crippen LogP contribution < -0.4 is 24.4 Å². The van der Waals surface area contributed by atoms with Gasteiger partial charge < -0.3 is 23.8 Å². The summed E-state index contributed by atoms with van der Waals surface area (Å²) in [4.78, 5) is 46.6. The molecule has 3 aromatic rings. The molecule has 2 aliphatic heterocycles. The number of fused-ring (bicyclic) bond motifs is 1. The summed E-state index contributed by atoms with van der Waals surface area (Å²) in [5, 5.41) is 0.538. The maximum atomic E-state index is 13.9. The lowest BCUT2D eigenvalue weighted by Gasteiger charge is -2.26. The van der Waals surface area contributed by atoms with Gasteiger partial charge in [-0.05, 0) is 69.2 Å². The first-order valence-electron chi connectivity index (χ1n) is 14.4. The summed E-state index contributed by atoms with van der Waals surface area (Å²) < 4.78 is 24.5. The maximum absolute atomic E-state index is 13.9. The quantitative estimate of drug-likeness (QED) is 0.330. The third-order valence-corrected chi connectivity index (χ3v) is 8.29. The van der Waals surface area contributed by atoms with Crippen LogP contribution in [0.5, 0.6) is 11.5 Å². The molecule has 0 bridgehead atoms. The van der Waals surface area contributed by atoms with E-state index >= 15 is 0 Å². The highest BCUT2D eigenvalue weighted by Gasteiger charge is 2.33. The van der Waals surface area contributed by atoms with Crippen LogP contribution in [0, 0.1) is 0 Å². The van der Waals surface area contributed by atoms with Gasteiger partial charge in [0, 0.05) is 18.1 Å². The third-order valence-electron chi connectivity index (χ3n) is 7.05. The number of amides is 1. The van der Waals surface area contributed by atoms with Crippen LogP contribution in [0.1, 0.15) is 44.9 Å². The highest BCUT2D eigenvalue weighted by atomic mass is 35.5. The first-order chi connectivity index (χ1) is 21.2. The largest absolute Gasteiger partial charge is 0.490 e. The van der Waals surface area contributed by atoms with Crippen LogP contribution in [0.3, 0.4) is 0 Å². The van der Waals surface area contributed by atoms with E-state index in [-0.39, 0.29) is 24.2 Å². The van der Waals surface area contributed by atoms with E-state index in [0.717, 1.165) is 0 Å². The summed E-state index contributed by atoms with van der Waals surface area (Å²) >= 11 is 7.38. The van der Waals surface area contributed by atoms with E-state index in [1.165, 1.54) is 15.9 Å². The van der Waals surface area contributed by atoms with E-state index in [4.69, 9.17) is 30.5 Å². The standard InChI is InChI=1S/C32H34ClN3O7S/c1-5-41-25-16-21(6-11-24(25)42-18-27(37)35-12-14-40-15-13-35)17-26-30(38)36-29(22-7-9-23(33)10-8-22)28(31(39)43-19(2)3)20(4)34-32(36)44-26/h6-11,16-17,19,29H,5,12-15,18H2,1-4H3/b26-17+/t29-/m1/s1. The molecule has 10 nitrogen and oxygen atoms in total. The number of ether oxygens (including phenoxy) is 4. The first kappa shape index (κ1) is 31.5. The van der Waals surface area contributed by atoms with Crippen molar-refractivity contribution in [3.05, 3.63) is 89.6 Å². The van der Waals surface area contributed by atoms with Gasteiger partial charge >= 0.3 is 5.97 Å². The molecule has 0 saturated carbocycles. The Kier molecular flexibility index (Phi) is 9.87. The Morgan fingerprint density at radius 1 is 1.11 bits per heavy atom. The SMILES string of the molecule is CCOc1cc(/C=c2/sc3n(c2=O)[C@H](c2ccc(Cl)cc2)C(C(=O)OC(C)C)=C(C)N=3)ccc1OCC(=O)N1CCOCC1. The monoisotopic (exact) mass is 639 g/mol. The van der Waals surface area contributed by atoms with Crippen LogP contribution in [-0.4, -0.2) is 67.0 Å². The lowest BCUT2D eigenvalue weighted by Crippen LogP contribution is -2.43. The van der Waals surface area contributed by atoms with Crippen LogP contribution >= 0.6 is 22.9 Å². The summed E-state index contributed by atoms with van der Waals surface area (Å²) in [6, 6.07) is 11.6. The molecule has 1 saturated heterocycles. The molecule has 1 aromatic heterocycles. The summed E-state index contributed by atoms with van der Waals surface area (Å²) in [6.07, 6.45) is 1.40. The Balaban J connectivity index is 1.50. The molecule has 2 aliphatic rings. The summed E-state index contributed by atoms with van der Waals surface area (Å²) in [6.45, 7) is 9.51. The molecule has 0 N–H and O–H groups in total. The van der Waals surface area contributed by atoms with Crippen LogP contribution in [0.4, 0.5) is 0 Å². The van der Waals surface area contributed by atoms with Crippen molar-refractivity contribution in [1.82, 2.24) is 9.47 Å². The van der Waals surface area contributed by atoms with E-state index < -0.39 is 12.0 Å². The normalized spacial score (nSPS) is 16.9. The zero-order valence-corrected chi connectivity index (χ0v) is 26.6. The Morgan fingerprint density at radius 2 is 1.84 bits per heavy atom. The van der Waals surface area contributed by atoms with Gasteiger partial charge in [0.25, 0.3) is 11.5 Å². The minimum Gasteiger partial charge on any atom is -0.490 e. The van der Waals surface area contributed by atoms with Crippen molar-refractivity contribution in [1.29, 1.82) is 0 Å². The van der Waals surface area contributed by atoms with Crippen molar-refractivity contribution in [2.75, 3.05) is 39.5 Å². The lowest BCUT2D eigenvalue weighted by atomic mass is 9.96. The number of benzene rings is 2. The summed E-state index contributed by atoms with van der Waals surface area (Å²) in [5.41, 5.74) is 1.88. The van der Waals surface area contributed by atoms with Crippen molar-refractivity contribution in [2.24, 2.45) is 4.99 Å². The summed E-state index contributed by atoms with van der Waals surface area (Å²) in [5.74, 6) is 0.235. The predicted octanol–water partition coefficient (Wildman–Crippen LogP) is 3.48. The van der Waals surface area contributed by atoms with E-state index in [9.17, 15) is 14.4 Å². The number of morpholine rings is 1. The van der Waals surface area contributed by atoms with E-state index in [1.54, 1.807) is 74.2 Å². The van der Waals surface area contributed by atoms with E-state index in [0.29, 0.717) is 81.2 Å². The molecule has 0 unspecified atom stereocenters. The second kappa shape index (κ2) is 13.8. The van der Waals surface area contributed by atoms with Crippen molar-refractivity contribution in [3.63, 3.8) is 0 Å². The molecule has 0 spiro atoms. The Morgan fingerprint density at radius 3 is 2.52 bits per heavy atom. The Hall–Kier alpha value is -3.93. The van der Waals surface area contributed by atoms with Crippen LogP contribution in [0.15, 0.2) is 63.5 Å². The van der Waals surface area contributed by atoms with E-state index in [2.05, 4.69) is 4.99 Å². The van der Waals surface area contributed by atoms with Crippen molar-refractivity contribution in [3.8, 4) is 11.5 Å². The van der Waals surface area contributed by atoms with Gasteiger partial charge in [0.05, 0.1) is 47.8 Å². The molecule has 3 heterocycles. The molecule has 5 rings (SSSR count). The highest BCUT2D eigenvalue weighted by molar-refractivity contribution is 7.07. The molecule has 0 radical (unpaired) electrons. The number of allylic oxidation sites excluding steroid dienone is 1. The average Bonchev–Trinajstić information content (AvgIpc) is 3.30. The number of carbonyl (C=O) groups is 2. The number of thiazole rings is 1. The minimum atomic E-state index is -0.740. The van der Waals surface area contributed by atoms with Crippen molar-refractivity contribution in [2.45, 2.75) is 39.8 Å². The third kappa shape index (κ3) is 6.90. The second-order valence-electron chi connectivity index (χ2n) is 10.5. The molecule has 232 valence electrons. The molecule has 1 fully saturated rings. The van der Waals surface area contributed by atoms with Gasteiger partial charge in [0.15, 0.2) is 22.9 Å². The van der Waals surface area contributed by atoms with Gasteiger partial charge in [-0.1, -0.05) is 41.1 Å². The Labute approximate surface area is 263 Å². The fraction of sp³-hybridized carbons (Fsp3) is 0.375. The average molecular weight is 640 g/mol.